The summed E-state index contributed by atoms with van der Waals surface area (Å²) < 4.78 is 6.20. The van der Waals surface area contributed by atoms with E-state index in [1.165, 1.54) is 11.8 Å². The fourth-order valence-electron chi connectivity index (χ4n) is 1.80. The summed E-state index contributed by atoms with van der Waals surface area (Å²) >= 11 is 10.9. The maximum Gasteiger partial charge on any atom is 0.237 e. The molecule has 0 saturated carbocycles. The van der Waals surface area contributed by atoms with E-state index in [0.717, 1.165) is 9.37 Å². The van der Waals surface area contributed by atoms with Gasteiger partial charge in [0.05, 0.1) is 18.0 Å². The predicted molar refractivity (Wildman–Crippen MR) is 96.1 cm³/mol. The number of amides is 1. The summed E-state index contributed by atoms with van der Waals surface area (Å²) in [5.74, 6) is 0.470. The minimum absolute atomic E-state index is 0.110. The standard InChI is InChI=1S/C16H15BrClNO2S/c1-10(22-15-6-4-3-5-12(15)17)16(20)19-13-9-11(18)7-8-14(13)21-2/h3-10H,1-2H3,(H,19,20)/t10-/m1/s1. The predicted octanol–water partition coefficient (Wildman–Crippen LogP) is 5.23. The summed E-state index contributed by atoms with van der Waals surface area (Å²) in [5.41, 5.74) is 0.569. The molecule has 0 unspecified atom stereocenters. The maximum atomic E-state index is 12.4. The van der Waals surface area contributed by atoms with E-state index in [1.54, 1.807) is 25.3 Å². The van der Waals surface area contributed by atoms with E-state index in [0.29, 0.717) is 16.5 Å². The molecule has 2 aromatic rings. The van der Waals surface area contributed by atoms with Gasteiger partial charge in [0, 0.05) is 14.4 Å². The number of hydrogen-bond donors (Lipinski definition) is 1. The van der Waals surface area contributed by atoms with Gasteiger partial charge in [-0.2, -0.15) is 0 Å². The highest BCUT2D eigenvalue weighted by molar-refractivity contribution is 9.10. The molecule has 0 aliphatic carbocycles. The third-order valence-electron chi connectivity index (χ3n) is 2.93. The molecule has 116 valence electrons. The zero-order chi connectivity index (χ0) is 16.1. The van der Waals surface area contributed by atoms with Crippen molar-refractivity contribution in [1.82, 2.24) is 0 Å². The lowest BCUT2D eigenvalue weighted by Crippen LogP contribution is -2.22. The Labute approximate surface area is 147 Å². The van der Waals surface area contributed by atoms with Crippen LogP contribution in [0.5, 0.6) is 5.75 Å². The van der Waals surface area contributed by atoms with Gasteiger partial charge in [-0.05, 0) is 53.2 Å². The molecule has 0 bridgehead atoms. The number of nitrogens with one attached hydrogen (secondary N) is 1. The van der Waals surface area contributed by atoms with Crippen molar-refractivity contribution in [3.63, 3.8) is 0 Å². The Morgan fingerprint density at radius 1 is 1.32 bits per heavy atom. The van der Waals surface area contributed by atoms with Gasteiger partial charge in [0.15, 0.2) is 0 Å². The molecule has 0 aromatic heterocycles. The Morgan fingerprint density at radius 3 is 2.73 bits per heavy atom. The van der Waals surface area contributed by atoms with Crippen molar-refractivity contribution in [3.05, 3.63) is 52.0 Å². The number of carbonyl (C=O) groups excluding carboxylic acids is 1. The lowest BCUT2D eigenvalue weighted by molar-refractivity contribution is -0.115. The van der Waals surface area contributed by atoms with E-state index < -0.39 is 0 Å². The first-order valence-electron chi connectivity index (χ1n) is 6.57. The van der Waals surface area contributed by atoms with Gasteiger partial charge in [0.2, 0.25) is 5.91 Å². The van der Waals surface area contributed by atoms with Crippen molar-refractivity contribution in [1.29, 1.82) is 0 Å². The summed E-state index contributed by atoms with van der Waals surface area (Å²) in [5, 5.41) is 3.14. The van der Waals surface area contributed by atoms with Crippen LogP contribution in [0.2, 0.25) is 5.02 Å². The summed E-state index contributed by atoms with van der Waals surface area (Å²) in [6, 6.07) is 12.9. The number of halogens is 2. The SMILES string of the molecule is COc1ccc(Cl)cc1NC(=O)[C@@H](C)Sc1ccccc1Br. The van der Waals surface area contributed by atoms with Gasteiger partial charge in [-0.3, -0.25) is 4.79 Å². The van der Waals surface area contributed by atoms with Crippen LogP contribution in [0, 0.1) is 0 Å². The molecule has 0 heterocycles. The number of benzene rings is 2. The zero-order valence-electron chi connectivity index (χ0n) is 12.1. The minimum atomic E-state index is -0.262. The van der Waals surface area contributed by atoms with Gasteiger partial charge >= 0.3 is 0 Å². The van der Waals surface area contributed by atoms with Crippen molar-refractivity contribution in [2.45, 2.75) is 17.1 Å². The summed E-state index contributed by atoms with van der Waals surface area (Å²) in [6.07, 6.45) is 0. The first-order chi connectivity index (χ1) is 10.5. The van der Waals surface area contributed by atoms with E-state index in [1.807, 2.05) is 31.2 Å². The average molecular weight is 401 g/mol. The quantitative estimate of drug-likeness (QED) is 0.698. The zero-order valence-corrected chi connectivity index (χ0v) is 15.3. The molecule has 1 N–H and O–H groups in total. The van der Waals surface area contributed by atoms with Gasteiger partial charge in [-0.15, -0.1) is 11.8 Å². The third kappa shape index (κ3) is 4.41. The monoisotopic (exact) mass is 399 g/mol. The van der Waals surface area contributed by atoms with E-state index in [-0.39, 0.29) is 11.2 Å². The summed E-state index contributed by atoms with van der Waals surface area (Å²) in [6.45, 7) is 1.86. The normalized spacial score (nSPS) is 11.8. The van der Waals surface area contributed by atoms with Crippen LogP contribution in [0.15, 0.2) is 51.8 Å². The fourth-order valence-corrected chi connectivity index (χ4v) is 3.42. The molecule has 3 nitrogen and oxygen atoms in total. The van der Waals surface area contributed by atoms with Crippen LogP contribution in [0.4, 0.5) is 5.69 Å². The molecule has 0 aliphatic rings. The number of ether oxygens (including phenoxy) is 1. The van der Waals surface area contributed by atoms with E-state index >= 15 is 0 Å². The number of thioether (sulfide) groups is 1. The van der Waals surface area contributed by atoms with Gasteiger partial charge < -0.3 is 10.1 Å². The smallest absolute Gasteiger partial charge is 0.237 e. The Balaban J connectivity index is 2.09. The van der Waals surface area contributed by atoms with Gasteiger partial charge in [0.1, 0.15) is 5.75 Å². The Morgan fingerprint density at radius 2 is 2.05 bits per heavy atom. The van der Waals surface area contributed by atoms with Crippen LogP contribution in [0.1, 0.15) is 6.92 Å². The molecule has 1 atom stereocenters. The molecule has 22 heavy (non-hydrogen) atoms. The first-order valence-corrected chi connectivity index (χ1v) is 8.62. The van der Waals surface area contributed by atoms with Gasteiger partial charge in [0.25, 0.3) is 0 Å². The number of hydrogen-bond acceptors (Lipinski definition) is 3. The van der Waals surface area contributed by atoms with Crippen molar-refractivity contribution >= 4 is 50.9 Å². The third-order valence-corrected chi connectivity index (χ3v) is 5.30. The van der Waals surface area contributed by atoms with E-state index in [9.17, 15) is 4.79 Å². The number of anilines is 1. The molecular formula is C16H15BrClNO2S. The Bertz CT molecular complexity index is 681. The van der Waals surface area contributed by atoms with Crippen LogP contribution in [-0.4, -0.2) is 18.3 Å². The highest BCUT2D eigenvalue weighted by atomic mass is 79.9. The molecule has 0 aliphatic heterocycles. The van der Waals surface area contributed by atoms with Crippen LogP contribution >= 0.6 is 39.3 Å². The van der Waals surface area contributed by atoms with Crippen molar-refractivity contribution < 1.29 is 9.53 Å². The van der Waals surface area contributed by atoms with Crippen molar-refractivity contribution in [3.8, 4) is 5.75 Å². The van der Waals surface area contributed by atoms with Crippen molar-refractivity contribution in [2.24, 2.45) is 0 Å². The summed E-state index contributed by atoms with van der Waals surface area (Å²) in [7, 11) is 1.55. The lowest BCUT2D eigenvalue weighted by atomic mass is 10.3. The van der Waals surface area contributed by atoms with Crippen LogP contribution in [0.25, 0.3) is 0 Å². The number of methoxy groups -OCH3 is 1. The lowest BCUT2D eigenvalue weighted by Gasteiger charge is -2.15. The van der Waals surface area contributed by atoms with Crippen LogP contribution < -0.4 is 10.1 Å². The molecule has 0 fully saturated rings. The highest BCUT2D eigenvalue weighted by Gasteiger charge is 2.17. The van der Waals surface area contributed by atoms with Gasteiger partial charge in [-0.1, -0.05) is 23.7 Å². The van der Waals surface area contributed by atoms with Crippen LogP contribution in [-0.2, 0) is 4.79 Å². The Hall–Kier alpha value is -1.17. The second-order valence-electron chi connectivity index (χ2n) is 4.52. The molecule has 6 heteroatoms. The van der Waals surface area contributed by atoms with E-state index in [2.05, 4.69) is 21.2 Å². The molecule has 0 spiro atoms. The molecule has 1 amide bonds. The highest BCUT2D eigenvalue weighted by Crippen LogP contribution is 2.32. The van der Waals surface area contributed by atoms with Crippen molar-refractivity contribution in [2.75, 3.05) is 12.4 Å². The molecule has 2 aromatic carbocycles. The Kier molecular flexibility index (Phi) is 6.17. The number of carbonyl (C=O) groups is 1. The molecule has 2 rings (SSSR count). The minimum Gasteiger partial charge on any atom is -0.495 e. The number of rotatable bonds is 5. The second-order valence-corrected chi connectivity index (χ2v) is 7.20. The van der Waals surface area contributed by atoms with E-state index in [4.69, 9.17) is 16.3 Å². The molecule has 0 saturated heterocycles. The molecular weight excluding hydrogens is 386 g/mol. The molecule has 0 radical (unpaired) electrons. The van der Waals surface area contributed by atoms with Crippen LogP contribution in [0.3, 0.4) is 0 Å². The summed E-state index contributed by atoms with van der Waals surface area (Å²) in [4.78, 5) is 13.4. The van der Waals surface area contributed by atoms with Gasteiger partial charge in [-0.25, -0.2) is 0 Å². The second kappa shape index (κ2) is 7.90. The fraction of sp³-hybridized carbons (Fsp3) is 0.188. The first kappa shape index (κ1) is 17.2. The maximum absolute atomic E-state index is 12.4. The average Bonchev–Trinajstić information content (AvgIpc) is 2.49. The largest absolute Gasteiger partial charge is 0.495 e. The topological polar surface area (TPSA) is 38.3 Å².